The van der Waals surface area contributed by atoms with Gasteiger partial charge in [-0.2, -0.15) is 0 Å². The summed E-state index contributed by atoms with van der Waals surface area (Å²) in [4.78, 5) is 11.0. The Kier molecular flexibility index (Phi) is 6.72. The molecule has 1 aromatic rings. The first-order valence-corrected chi connectivity index (χ1v) is 6.71. The van der Waals surface area contributed by atoms with Crippen LogP contribution in [0, 0.1) is 5.92 Å². The molecule has 1 atom stereocenters. The maximum Gasteiger partial charge on any atom is 0.153 e. The average Bonchev–Trinajstić information content (AvgIpc) is 2.46. The zero-order chi connectivity index (χ0) is 14.1. The molecule has 0 saturated carbocycles. The molecule has 19 heavy (non-hydrogen) atoms. The molecular weight excluding hydrogens is 240 g/mol. The second kappa shape index (κ2) is 8.35. The Morgan fingerprint density at radius 2 is 1.95 bits per heavy atom. The molecule has 104 valence electrons. The fraction of sp³-hybridized carbons (Fsp3) is 0.438. The first-order chi connectivity index (χ1) is 9.21. The van der Waals surface area contributed by atoms with Crippen molar-refractivity contribution in [3.8, 4) is 5.75 Å². The second-order valence-corrected chi connectivity index (χ2v) is 4.50. The van der Waals surface area contributed by atoms with Crippen molar-refractivity contribution >= 4 is 11.9 Å². The van der Waals surface area contributed by atoms with Gasteiger partial charge >= 0.3 is 0 Å². The van der Waals surface area contributed by atoms with Gasteiger partial charge in [0.15, 0.2) is 6.29 Å². The van der Waals surface area contributed by atoms with E-state index in [-0.39, 0.29) is 0 Å². The third-order valence-corrected chi connectivity index (χ3v) is 2.92. The van der Waals surface area contributed by atoms with Gasteiger partial charge in [0, 0.05) is 0 Å². The fourth-order valence-corrected chi connectivity index (χ4v) is 1.44. The highest BCUT2D eigenvalue weighted by Gasteiger charge is 2.03. The van der Waals surface area contributed by atoms with Crippen LogP contribution in [0.5, 0.6) is 5.75 Å². The summed E-state index contributed by atoms with van der Waals surface area (Å²) >= 11 is 0. The van der Waals surface area contributed by atoms with E-state index in [1.165, 1.54) is 6.26 Å². The summed E-state index contributed by atoms with van der Waals surface area (Å²) in [5, 5.41) is 0. The second-order valence-electron chi connectivity index (χ2n) is 4.50. The van der Waals surface area contributed by atoms with E-state index in [2.05, 4.69) is 13.8 Å². The molecule has 1 rings (SSSR count). The third-order valence-electron chi connectivity index (χ3n) is 2.92. The van der Waals surface area contributed by atoms with Gasteiger partial charge in [-0.1, -0.05) is 32.4 Å². The zero-order valence-corrected chi connectivity index (χ0v) is 11.9. The summed E-state index contributed by atoms with van der Waals surface area (Å²) < 4.78 is 10.8. The van der Waals surface area contributed by atoms with Crippen LogP contribution >= 0.6 is 0 Å². The highest BCUT2D eigenvalue weighted by atomic mass is 16.5. The Balaban J connectivity index is 2.67. The monoisotopic (exact) mass is 262 g/mol. The number of benzene rings is 1. The smallest absolute Gasteiger partial charge is 0.153 e. The number of carbonyl (C=O) groups excluding carboxylic acids is 1. The Morgan fingerprint density at radius 3 is 2.47 bits per heavy atom. The molecule has 1 aromatic carbocycles. The van der Waals surface area contributed by atoms with Crippen LogP contribution in [0.4, 0.5) is 0 Å². The van der Waals surface area contributed by atoms with E-state index in [0.717, 1.165) is 24.0 Å². The Labute approximate surface area is 115 Å². The van der Waals surface area contributed by atoms with Crippen LogP contribution in [0.2, 0.25) is 0 Å². The van der Waals surface area contributed by atoms with E-state index in [1.807, 2.05) is 31.2 Å². The van der Waals surface area contributed by atoms with E-state index in [1.54, 1.807) is 0 Å². The van der Waals surface area contributed by atoms with Crippen molar-refractivity contribution in [3.05, 3.63) is 36.1 Å². The molecule has 0 N–H and O–H groups in total. The van der Waals surface area contributed by atoms with Crippen molar-refractivity contribution in [2.75, 3.05) is 13.2 Å². The molecule has 0 fully saturated rings. The molecule has 0 spiro atoms. The fourth-order valence-electron chi connectivity index (χ4n) is 1.44. The summed E-state index contributed by atoms with van der Waals surface area (Å²) in [6.45, 7) is 7.44. The van der Waals surface area contributed by atoms with Gasteiger partial charge < -0.3 is 9.47 Å². The number of carbonyl (C=O) groups is 1. The number of allylic oxidation sites excluding steroid dienone is 1. The molecule has 1 unspecified atom stereocenters. The number of hydrogen-bond donors (Lipinski definition) is 0. The molecule has 0 aromatic heterocycles. The Hall–Kier alpha value is -1.77. The molecule has 0 aliphatic rings. The highest BCUT2D eigenvalue weighted by molar-refractivity contribution is 6.06. The Bertz CT molecular complexity index is 407. The molecule has 0 heterocycles. The average molecular weight is 262 g/mol. The van der Waals surface area contributed by atoms with Crippen molar-refractivity contribution in [3.63, 3.8) is 0 Å². The van der Waals surface area contributed by atoms with Crippen LogP contribution in [0.1, 0.15) is 32.8 Å². The lowest BCUT2D eigenvalue weighted by Gasteiger charge is -2.11. The van der Waals surface area contributed by atoms with Gasteiger partial charge in [0.2, 0.25) is 0 Å². The molecule has 0 bridgehead atoms. The molecule has 0 amide bonds. The zero-order valence-electron chi connectivity index (χ0n) is 11.9. The first kappa shape index (κ1) is 15.3. The Morgan fingerprint density at radius 1 is 1.26 bits per heavy atom. The normalized spacial score (nSPS) is 12.9. The molecule has 0 radical (unpaired) electrons. The number of rotatable bonds is 8. The van der Waals surface area contributed by atoms with E-state index in [0.29, 0.717) is 24.7 Å². The molecule has 3 heteroatoms. The maximum atomic E-state index is 11.0. The van der Waals surface area contributed by atoms with Gasteiger partial charge in [0.25, 0.3) is 0 Å². The molecule has 0 saturated heterocycles. The molecule has 3 nitrogen and oxygen atoms in total. The number of aldehydes is 1. The predicted octanol–water partition coefficient (Wildman–Crippen LogP) is 3.69. The minimum absolute atomic E-state index is 0.537. The minimum atomic E-state index is 0.537. The highest BCUT2D eigenvalue weighted by Crippen LogP contribution is 2.18. The van der Waals surface area contributed by atoms with Gasteiger partial charge in [-0.25, -0.2) is 0 Å². The van der Waals surface area contributed by atoms with Crippen LogP contribution < -0.4 is 4.74 Å². The van der Waals surface area contributed by atoms with Crippen LogP contribution in [-0.4, -0.2) is 19.5 Å². The van der Waals surface area contributed by atoms with E-state index in [9.17, 15) is 4.79 Å². The van der Waals surface area contributed by atoms with Crippen LogP contribution in [-0.2, 0) is 9.53 Å². The van der Waals surface area contributed by atoms with Gasteiger partial charge in [0.05, 0.1) is 25.0 Å². The molecule has 0 aliphatic heterocycles. The lowest BCUT2D eigenvalue weighted by Crippen LogP contribution is -2.07. The van der Waals surface area contributed by atoms with Gasteiger partial charge in [-0.05, 0) is 30.5 Å². The SMILES string of the molecule is CCOC=C(C=O)c1ccc(OCC(C)CC)cc1. The number of hydrogen-bond acceptors (Lipinski definition) is 3. The van der Waals surface area contributed by atoms with Gasteiger partial charge in [-0.3, -0.25) is 4.79 Å². The quantitative estimate of drug-likeness (QED) is 0.407. The maximum absolute atomic E-state index is 11.0. The van der Waals surface area contributed by atoms with Crippen LogP contribution in [0.3, 0.4) is 0 Å². The standard InChI is InChI=1S/C16H22O3/c1-4-13(3)11-19-16-8-6-14(7-9-16)15(10-17)12-18-5-2/h6-10,12-13H,4-5,11H2,1-3H3. The van der Waals surface area contributed by atoms with E-state index >= 15 is 0 Å². The summed E-state index contributed by atoms with van der Waals surface area (Å²) in [6, 6.07) is 7.48. The minimum Gasteiger partial charge on any atom is -0.501 e. The topological polar surface area (TPSA) is 35.5 Å². The van der Waals surface area contributed by atoms with Gasteiger partial charge in [0.1, 0.15) is 5.75 Å². The van der Waals surface area contributed by atoms with Crippen molar-refractivity contribution in [2.45, 2.75) is 27.2 Å². The van der Waals surface area contributed by atoms with Crippen molar-refractivity contribution < 1.29 is 14.3 Å². The van der Waals surface area contributed by atoms with Crippen molar-refractivity contribution in [1.29, 1.82) is 0 Å². The predicted molar refractivity (Wildman–Crippen MR) is 77.1 cm³/mol. The lowest BCUT2D eigenvalue weighted by molar-refractivity contribution is -0.103. The molecule has 0 aliphatic carbocycles. The third kappa shape index (κ3) is 5.16. The van der Waals surface area contributed by atoms with Gasteiger partial charge in [-0.15, -0.1) is 0 Å². The van der Waals surface area contributed by atoms with Crippen molar-refractivity contribution in [1.82, 2.24) is 0 Å². The lowest BCUT2D eigenvalue weighted by atomic mass is 10.1. The van der Waals surface area contributed by atoms with E-state index < -0.39 is 0 Å². The summed E-state index contributed by atoms with van der Waals surface area (Å²) in [6.07, 6.45) is 3.39. The summed E-state index contributed by atoms with van der Waals surface area (Å²) in [5.74, 6) is 1.37. The van der Waals surface area contributed by atoms with Crippen molar-refractivity contribution in [2.24, 2.45) is 5.92 Å². The van der Waals surface area contributed by atoms with Crippen LogP contribution in [0.25, 0.3) is 5.57 Å². The largest absolute Gasteiger partial charge is 0.501 e. The number of ether oxygens (including phenoxy) is 2. The molecular formula is C16H22O3. The summed E-state index contributed by atoms with van der Waals surface area (Å²) in [5.41, 5.74) is 1.37. The summed E-state index contributed by atoms with van der Waals surface area (Å²) in [7, 11) is 0. The first-order valence-electron chi connectivity index (χ1n) is 6.71. The van der Waals surface area contributed by atoms with E-state index in [4.69, 9.17) is 9.47 Å². The van der Waals surface area contributed by atoms with Crippen LogP contribution in [0.15, 0.2) is 30.5 Å².